The molecule has 0 bridgehead atoms. The summed E-state index contributed by atoms with van der Waals surface area (Å²) in [5.74, 6) is 1.61. The molecular weight excluding hydrogens is 426 g/mol. The van der Waals surface area contributed by atoms with Crippen LogP contribution in [0.2, 0.25) is 0 Å². The summed E-state index contributed by atoms with van der Waals surface area (Å²) in [7, 11) is 1.66. The predicted molar refractivity (Wildman–Crippen MR) is 133 cm³/mol. The largest absolute Gasteiger partial charge is 0.497 e. The van der Waals surface area contributed by atoms with Crippen LogP contribution < -0.4 is 10.1 Å². The fourth-order valence-electron chi connectivity index (χ4n) is 4.77. The second-order valence-corrected chi connectivity index (χ2v) is 9.08. The van der Waals surface area contributed by atoms with E-state index in [2.05, 4.69) is 34.5 Å². The van der Waals surface area contributed by atoms with Crippen LogP contribution in [0.15, 0.2) is 71.1 Å². The number of nitrogens with zero attached hydrogens (tertiary/aromatic N) is 2. The van der Waals surface area contributed by atoms with E-state index in [4.69, 9.17) is 9.15 Å². The monoisotopic (exact) mass is 457 g/mol. The fraction of sp³-hybridized carbons (Fsp3) is 0.321. The van der Waals surface area contributed by atoms with E-state index in [-0.39, 0.29) is 11.9 Å². The van der Waals surface area contributed by atoms with Crippen molar-refractivity contribution in [3.05, 3.63) is 89.3 Å². The van der Waals surface area contributed by atoms with Crippen molar-refractivity contribution in [3.63, 3.8) is 0 Å². The zero-order chi connectivity index (χ0) is 23.5. The first-order valence-electron chi connectivity index (χ1n) is 11.9. The minimum absolute atomic E-state index is 0.0425. The van der Waals surface area contributed by atoms with Crippen LogP contribution in [-0.4, -0.2) is 41.6 Å². The number of furan rings is 1. The lowest BCUT2D eigenvalue weighted by Crippen LogP contribution is -2.44. The summed E-state index contributed by atoms with van der Waals surface area (Å²) >= 11 is 0. The lowest BCUT2D eigenvalue weighted by molar-refractivity contribution is 0.0900. The number of carbonyl (C=O) groups excluding carboxylic acids is 1. The number of carbonyl (C=O) groups is 1. The number of hydrogen-bond donors (Lipinski definition) is 1. The SMILES string of the molecule is COc1ccc(Cn2c(C(=O)NC3CCN(Cc4ccccc4)CC3)cc3oc(C)cc32)cc1. The third kappa shape index (κ3) is 4.87. The summed E-state index contributed by atoms with van der Waals surface area (Å²) in [4.78, 5) is 15.8. The highest BCUT2D eigenvalue weighted by atomic mass is 16.5. The van der Waals surface area contributed by atoms with Crippen molar-refractivity contribution in [2.75, 3.05) is 20.2 Å². The van der Waals surface area contributed by atoms with Crippen molar-refractivity contribution in [3.8, 4) is 5.75 Å². The van der Waals surface area contributed by atoms with Gasteiger partial charge in [-0.3, -0.25) is 9.69 Å². The Hall–Kier alpha value is -3.51. The number of benzene rings is 2. The topological polar surface area (TPSA) is 59.6 Å². The van der Waals surface area contributed by atoms with Crippen LogP contribution in [-0.2, 0) is 13.1 Å². The summed E-state index contributed by atoms with van der Waals surface area (Å²) in [6, 6.07) is 22.5. The molecule has 1 aliphatic rings. The first-order valence-corrected chi connectivity index (χ1v) is 11.9. The highest BCUT2D eigenvalue weighted by Gasteiger charge is 2.24. The number of rotatable bonds is 7. The lowest BCUT2D eigenvalue weighted by atomic mass is 10.0. The van der Waals surface area contributed by atoms with Crippen LogP contribution in [0.1, 0.15) is 40.2 Å². The van der Waals surface area contributed by atoms with Crippen LogP contribution in [0.4, 0.5) is 0 Å². The number of likely N-dealkylation sites (tertiary alicyclic amines) is 1. The molecule has 0 spiro atoms. The Bertz CT molecular complexity index is 1250. The molecule has 6 heteroatoms. The number of fused-ring (bicyclic) bond motifs is 1. The van der Waals surface area contributed by atoms with E-state index < -0.39 is 0 Å². The normalized spacial score (nSPS) is 15.0. The van der Waals surface area contributed by atoms with Gasteiger partial charge in [0, 0.05) is 44.4 Å². The van der Waals surface area contributed by atoms with Crippen LogP contribution in [0.5, 0.6) is 5.75 Å². The Labute approximate surface area is 200 Å². The molecule has 2 aromatic carbocycles. The second-order valence-electron chi connectivity index (χ2n) is 9.08. The van der Waals surface area contributed by atoms with Crippen LogP contribution in [0, 0.1) is 6.92 Å². The van der Waals surface area contributed by atoms with E-state index in [0.717, 1.165) is 60.6 Å². The third-order valence-corrected chi connectivity index (χ3v) is 6.62. The molecule has 0 saturated carbocycles. The van der Waals surface area contributed by atoms with Gasteiger partial charge in [-0.05, 0) is 43.0 Å². The molecule has 0 unspecified atom stereocenters. The number of hydrogen-bond acceptors (Lipinski definition) is 4. The Morgan fingerprint density at radius 2 is 1.71 bits per heavy atom. The van der Waals surface area contributed by atoms with Gasteiger partial charge in [0.15, 0.2) is 5.58 Å². The van der Waals surface area contributed by atoms with Gasteiger partial charge in [-0.1, -0.05) is 42.5 Å². The van der Waals surface area contributed by atoms with Gasteiger partial charge >= 0.3 is 0 Å². The Kier molecular flexibility index (Phi) is 6.41. The van der Waals surface area contributed by atoms with Crippen molar-refractivity contribution in [1.82, 2.24) is 14.8 Å². The van der Waals surface area contributed by atoms with Gasteiger partial charge in [0.25, 0.3) is 5.91 Å². The quantitative estimate of drug-likeness (QED) is 0.425. The number of piperidine rings is 1. The van der Waals surface area contributed by atoms with Crippen molar-refractivity contribution in [2.45, 2.75) is 38.9 Å². The number of amides is 1. The number of methoxy groups -OCH3 is 1. The van der Waals surface area contributed by atoms with Crippen molar-refractivity contribution in [2.24, 2.45) is 0 Å². The molecule has 3 heterocycles. The summed E-state index contributed by atoms with van der Waals surface area (Å²) in [6.45, 7) is 5.44. The van der Waals surface area contributed by atoms with Gasteiger partial charge in [-0.2, -0.15) is 0 Å². The molecule has 4 aromatic rings. The lowest BCUT2D eigenvalue weighted by Gasteiger charge is -2.32. The molecule has 34 heavy (non-hydrogen) atoms. The maximum absolute atomic E-state index is 13.3. The van der Waals surface area contributed by atoms with E-state index in [1.54, 1.807) is 7.11 Å². The number of aromatic nitrogens is 1. The van der Waals surface area contributed by atoms with E-state index in [0.29, 0.717) is 12.2 Å². The molecule has 1 amide bonds. The molecule has 1 saturated heterocycles. The van der Waals surface area contributed by atoms with Crippen LogP contribution in [0.3, 0.4) is 0 Å². The minimum atomic E-state index is -0.0425. The number of ether oxygens (including phenoxy) is 1. The van der Waals surface area contributed by atoms with Gasteiger partial charge in [0.2, 0.25) is 0 Å². The number of aryl methyl sites for hydroxylation is 1. The van der Waals surface area contributed by atoms with Gasteiger partial charge in [0.1, 0.15) is 17.2 Å². The summed E-state index contributed by atoms with van der Waals surface area (Å²) < 4.78 is 13.2. The molecule has 0 aliphatic carbocycles. The first kappa shape index (κ1) is 22.3. The molecule has 5 rings (SSSR count). The highest BCUT2D eigenvalue weighted by molar-refractivity contribution is 5.97. The molecule has 1 N–H and O–H groups in total. The summed E-state index contributed by atoms with van der Waals surface area (Å²) in [5, 5.41) is 3.28. The van der Waals surface area contributed by atoms with E-state index >= 15 is 0 Å². The zero-order valence-corrected chi connectivity index (χ0v) is 19.8. The van der Waals surface area contributed by atoms with Crippen molar-refractivity contribution < 1.29 is 13.9 Å². The Morgan fingerprint density at radius 3 is 2.41 bits per heavy atom. The highest BCUT2D eigenvalue weighted by Crippen LogP contribution is 2.26. The van der Waals surface area contributed by atoms with Gasteiger partial charge in [-0.15, -0.1) is 0 Å². The summed E-state index contributed by atoms with van der Waals surface area (Å²) in [5.41, 5.74) is 4.75. The summed E-state index contributed by atoms with van der Waals surface area (Å²) in [6.07, 6.45) is 1.90. The molecule has 1 fully saturated rings. The standard InChI is InChI=1S/C28H31N3O3/c1-20-16-25-27(34-20)17-26(31(25)19-22-8-10-24(33-2)11-9-22)28(32)29-23-12-14-30(15-13-23)18-21-6-4-3-5-7-21/h3-11,16-17,23H,12-15,18-19H2,1-2H3,(H,29,32). The first-order chi connectivity index (χ1) is 16.6. The average molecular weight is 458 g/mol. The molecule has 0 atom stereocenters. The number of nitrogens with one attached hydrogen (secondary N) is 1. The van der Waals surface area contributed by atoms with Gasteiger partial charge < -0.3 is 19.0 Å². The van der Waals surface area contributed by atoms with Crippen LogP contribution >= 0.6 is 0 Å². The fourth-order valence-corrected chi connectivity index (χ4v) is 4.77. The predicted octanol–water partition coefficient (Wildman–Crippen LogP) is 4.99. The van der Waals surface area contributed by atoms with Gasteiger partial charge in [0.05, 0.1) is 12.6 Å². The van der Waals surface area contributed by atoms with Crippen molar-refractivity contribution in [1.29, 1.82) is 0 Å². The third-order valence-electron chi connectivity index (χ3n) is 6.62. The van der Waals surface area contributed by atoms with Crippen molar-refractivity contribution >= 4 is 17.0 Å². The van der Waals surface area contributed by atoms with E-state index in [9.17, 15) is 4.79 Å². The Morgan fingerprint density at radius 1 is 1.00 bits per heavy atom. The Balaban J connectivity index is 1.27. The minimum Gasteiger partial charge on any atom is -0.497 e. The molecule has 1 aliphatic heterocycles. The van der Waals surface area contributed by atoms with Gasteiger partial charge in [-0.25, -0.2) is 0 Å². The second kappa shape index (κ2) is 9.77. The molecule has 6 nitrogen and oxygen atoms in total. The average Bonchev–Trinajstić information content (AvgIpc) is 3.38. The van der Waals surface area contributed by atoms with E-state index in [1.165, 1.54) is 5.56 Å². The van der Waals surface area contributed by atoms with Crippen LogP contribution in [0.25, 0.3) is 11.1 Å². The molecule has 2 aromatic heterocycles. The van der Waals surface area contributed by atoms with E-state index in [1.807, 2.05) is 54.0 Å². The molecular formula is C28H31N3O3. The smallest absolute Gasteiger partial charge is 0.268 e. The molecule has 176 valence electrons. The zero-order valence-electron chi connectivity index (χ0n) is 19.8. The molecule has 0 radical (unpaired) electrons. The maximum Gasteiger partial charge on any atom is 0.268 e. The maximum atomic E-state index is 13.3.